The van der Waals surface area contributed by atoms with Crippen molar-refractivity contribution in [3.8, 4) is 5.75 Å². The first-order valence-electron chi connectivity index (χ1n) is 8.86. The number of benzene rings is 2. The first-order valence-corrected chi connectivity index (χ1v) is 8.86. The molecule has 2 rings (SSSR count). The first kappa shape index (κ1) is 19.0. The fraction of sp³-hybridized carbons (Fsp3) is 0.409. The summed E-state index contributed by atoms with van der Waals surface area (Å²) in [6.45, 7) is 12.5. The van der Waals surface area contributed by atoms with Gasteiger partial charge in [0.25, 0.3) is 5.91 Å². The van der Waals surface area contributed by atoms with Crippen LogP contribution in [0.5, 0.6) is 5.75 Å². The van der Waals surface area contributed by atoms with Gasteiger partial charge < -0.3 is 10.1 Å². The van der Waals surface area contributed by atoms with E-state index in [1.165, 1.54) is 5.56 Å². The Balaban J connectivity index is 2.09. The van der Waals surface area contributed by atoms with E-state index in [9.17, 15) is 4.79 Å². The van der Waals surface area contributed by atoms with E-state index in [0.29, 0.717) is 6.42 Å². The number of carbonyl (C=O) groups is 1. The number of nitrogens with one attached hydrogen (secondary N) is 1. The van der Waals surface area contributed by atoms with Crippen molar-refractivity contribution in [2.24, 2.45) is 0 Å². The molecule has 0 aromatic heterocycles. The SMILES string of the molecule is CC[C@H](Oc1ccc(C(C)(C)C)cc1)C(=O)Nc1cccc(C)c1C. The van der Waals surface area contributed by atoms with Gasteiger partial charge in [0.15, 0.2) is 6.10 Å². The van der Waals surface area contributed by atoms with E-state index in [0.717, 1.165) is 22.6 Å². The summed E-state index contributed by atoms with van der Waals surface area (Å²) in [6, 6.07) is 13.9. The van der Waals surface area contributed by atoms with Gasteiger partial charge in [0, 0.05) is 5.69 Å². The molecule has 1 N–H and O–H groups in total. The Morgan fingerprint density at radius 3 is 2.28 bits per heavy atom. The Labute approximate surface area is 151 Å². The zero-order valence-electron chi connectivity index (χ0n) is 16.1. The monoisotopic (exact) mass is 339 g/mol. The van der Waals surface area contributed by atoms with Gasteiger partial charge in [-0.25, -0.2) is 0 Å². The maximum atomic E-state index is 12.6. The van der Waals surface area contributed by atoms with Gasteiger partial charge in [-0.2, -0.15) is 0 Å². The van der Waals surface area contributed by atoms with E-state index in [1.54, 1.807) is 0 Å². The third-order valence-electron chi connectivity index (χ3n) is 4.52. The summed E-state index contributed by atoms with van der Waals surface area (Å²) >= 11 is 0. The first-order chi connectivity index (χ1) is 11.7. The Bertz CT molecular complexity index is 727. The van der Waals surface area contributed by atoms with Gasteiger partial charge in [-0.3, -0.25) is 4.79 Å². The summed E-state index contributed by atoms with van der Waals surface area (Å²) in [6.07, 6.45) is 0.0953. The molecule has 1 atom stereocenters. The van der Waals surface area contributed by atoms with Crippen molar-refractivity contribution < 1.29 is 9.53 Å². The Morgan fingerprint density at radius 1 is 1.08 bits per heavy atom. The second kappa shape index (κ2) is 7.73. The Hall–Kier alpha value is -2.29. The third-order valence-corrected chi connectivity index (χ3v) is 4.52. The van der Waals surface area contributed by atoms with Crippen LogP contribution in [0.25, 0.3) is 0 Å². The molecular weight excluding hydrogens is 310 g/mol. The third kappa shape index (κ3) is 4.85. The molecule has 0 aliphatic rings. The minimum atomic E-state index is -0.514. The summed E-state index contributed by atoms with van der Waals surface area (Å²) in [5, 5.41) is 2.99. The zero-order chi connectivity index (χ0) is 18.6. The molecular formula is C22H29NO2. The molecule has 0 fully saturated rings. The fourth-order valence-corrected chi connectivity index (χ4v) is 2.62. The van der Waals surface area contributed by atoms with E-state index < -0.39 is 6.10 Å². The van der Waals surface area contributed by atoms with Crippen molar-refractivity contribution >= 4 is 11.6 Å². The largest absolute Gasteiger partial charge is 0.481 e. The average Bonchev–Trinajstić information content (AvgIpc) is 2.56. The lowest BCUT2D eigenvalue weighted by Gasteiger charge is -2.21. The molecule has 0 radical (unpaired) electrons. The van der Waals surface area contributed by atoms with Crippen LogP contribution in [0.1, 0.15) is 50.8 Å². The molecule has 3 heteroatoms. The van der Waals surface area contributed by atoms with Crippen LogP contribution in [0.2, 0.25) is 0 Å². The molecule has 0 aliphatic heterocycles. The van der Waals surface area contributed by atoms with Crippen LogP contribution < -0.4 is 10.1 Å². The zero-order valence-corrected chi connectivity index (χ0v) is 16.1. The summed E-state index contributed by atoms with van der Waals surface area (Å²) in [4.78, 5) is 12.6. The van der Waals surface area contributed by atoms with Crippen LogP contribution in [0, 0.1) is 13.8 Å². The van der Waals surface area contributed by atoms with Crippen molar-refractivity contribution in [1.29, 1.82) is 0 Å². The van der Waals surface area contributed by atoms with Crippen LogP contribution in [0.15, 0.2) is 42.5 Å². The van der Waals surface area contributed by atoms with Gasteiger partial charge in [-0.1, -0.05) is 52.0 Å². The molecule has 0 bridgehead atoms. The topological polar surface area (TPSA) is 38.3 Å². The van der Waals surface area contributed by atoms with Crippen molar-refractivity contribution in [3.05, 3.63) is 59.2 Å². The number of amides is 1. The van der Waals surface area contributed by atoms with Crippen molar-refractivity contribution in [1.82, 2.24) is 0 Å². The fourth-order valence-electron chi connectivity index (χ4n) is 2.62. The van der Waals surface area contributed by atoms with Gasteiger partial charge in [-0.15, -0.1) is 0 Å². The lowest BCUT2D eigenvalue weighted by atomic mass is 9.87. The summed E-state index contributed by atoms with van der Waals surface area (Å²) in [5.74, 6) is 0.604. The molecule has 0 saturated carbocycles. The van der Waals surface area contributed by atoms with E-state index in [-0.39, 0.29) is 11.3 Å². The molecule has 25 heavy (non-hydrogen) atoms. The van der Waals surface area contributed by atoms with Crippen LogP contribution in [0.4, 0.5) is 5.69 Å². The molecule has 0 saturated heterocycles. The normalized spacial score (nSPS) is 12.6. The highest BCUT2D eigenvalue weighted by Crippen LogP contribution is 2.25. The van der Waals surface area contributed by atoms with Crippen molar-refractivity contribution in [2.75, 3.05) is 5.32 Å². The molecule has 0 heterocycles. The maximum Gasteiger partial charge on any atom is 0.265 e. The number of hydrogen-bond donors (Lipinski definition) is 1. The lowest BCUT2D eigenvalue weighted by molar-refractivity contribution is -0.122. The predicted octanol–water partition coefficient (Wildman–Crippen LogP) is 5.40. The number of aryl methyl sites for hydroxylation is 1. The van der Waals surface area contributed by atoms with Crippen LogP contribution in [-0.4, -0.2) is 12.0 Å². The van der Waals surface area contributed by atoms with Gasteiger partial charge in [0.2, 0.25) is 0 Å². The maximum absolute atomic E-state index is 12.6. The highest BCUT2D eigenvalue weighted by Gasteiger charge is 2.20. The van der Waals surface area contributed by atoms with E-state index in [2.05, 4.69) is 38.2 Å². The molecule has 3 nitrogen and oxygen atoms in total. The van der Waals surface area contributed by atoms with Gasteiger partial charge in [0.05, 0.1) is 0 Å². The Kier molecular flexibility index (Phi) is 5.89. The summed E-state index contributed by atoms with van der Waals surface area (Å²) in [5.41, 5.74) is 4.43. The Morgan fingerprint density at radius 2 is 1.72 bits per heavy atom. The molecule has 0 aliphatic carbocycles. The molecule has 134 valence electrons. The van der Waals surface area contributed by atoms with Crippen LogP contribution >= 0.6 is 0 Å². The predicted molar refractivity (Wildman–Crippen MR) is 104 cm³/mol. The van der Waals surface area contributed by atoms with E-state index >= 15 is 0 Å². The van der Waals surface area contributed by atoms with Gasteiger partial charge >= 0.3 is 0 Å². The number of carbonyl (C=O) groups excluding carboxylic acids is 1. The van der Waals surface area contributed by atoms with Crippen molar-refractivity contribution in [3.63, 3.8) is 0 Å². The van der Waals surface area contributed by atoms with Crippen molar-refractivity contribution in [2.45, 2.75) is 59.5 Å². The summed E-state index contributed by atoms with van der Waals surface area (Å²) < 4.78 is 5.92. The lowest BCUT2D eigenvalue weighted by Crippen LogP contribution is -2.32. The van der Waals surface area contributed by atoms with Gasteiger partial charge in [-0.05, 0) is 60.6 Å². The molecule has 2 aromatic carbocycles. The number of rotatable bonds is 5. The second-order valence-corrected chi connectivity index (χ2v) is 7.53. The van der Waals surface area contributed by atoms with Crippen LogP contribution in [-0.2, 0) is 10.2 Å². The number of anilines is 1. The van der Waals surface area contributed by atoms with Gasteiger partial charge in [0.1, 0.15) is 5.75 Å². The molecule has 0 unspecified atom stereocenters. The molecule has 1 amide bonds. The minimum absolute atomic E-state index is 0.1000. The minimum Gasteiger partial charge on any atom is -0.481 e. The standard InChI is InChI=1S/C22H29NO2/c1-7-20(21(24)23-19-10-8-9-15(2)16(19)3)25-18-13-11-17(12-14-18)22(4,5)6/h8-14,20H,7H2,1-6H3,(H,23,24)/t20-/m0/s1. The quantitative estimate of drug-likeness (QED) is 0.792. The van der Waals surface area contributed by atoms with Crippen LogP contribution in [0.3, 0.4) is 0 Å². The van der Waals surface area contributed by atoms with E-state index in [1.807, 2.05) is 51.1 Å². The number of hydrogen-bond acceptors (Lipinski definition) is 2. The van der Waals surface area contributed by atoms with E-state index in [4.69, 9.17) is 4.74 Å². The number of ether oxygens (including phenoxy) is 1. The average molecular weight is 339 g/mol. The smallest absolute Gasteiger partial charge is 0.265 e. The molecule has 0 spiro atoms. The molecule has 2 aromatic rings. The summed E-state index contributed by atoms with van der Waals surface area (Å²) in [7, 11) is 0. The highest BCUT2D eigenvalue weighted by molar-refractivity contribution is 5.95. The highest BCUT2D eigenvalue weighted by atomic mass is 16.5. The second-order valence-electron chi connectivity index (χ2n) is 7.53.